The zero-order chi connectivity index (χ0) is 20.5. The first-order valence-electron chi connectivity index (χ1n) is 9.47. The van der Waals surface area contributed by atoms with Crippen LogP contribution in [0.2, 0.25) is 0 Å². The molecule has 2 aliphatic heterocycles. The van der Waals surface area contributed by atoms with E-state index in [1.807, 2.05) is 0 Å². The molecule has 1 aromatic rings. The van der Waals surface area contributed by atoms with Gasteiger partial charge in [-0.2, -0.15) is 0 Å². The molecule has 1 N–H and O–H groups in total. The average molecular weight is 446 g/mol. The largest absolute Gasteiger partial charge is 0.465 e. The first-order valence-corrected chi connectivity index (χ1v) is 11.4. The van der Waals surface area contributed by atoms with Gasteiger partial charge < -0.3 is 14.9 Å². The highest BCUT2D eigenvalue weighted by molar-refractivity contribution is 7.90. The van der Waals surface area contributed by atoms with Crippen molar-refractivity contribution in [3.8, 4) is 0 Å². The summed E-state index contributed by atoms with van der Waals surface area (Å²) in [6.07, 6.45) is 2.28. The topological polar surface area (TPSA) is 98.2 Å². The molecule has 2 atom stereocenters. The molecule has 1 amide bonds. The Morgan fingerprint density at radius 3 is 2.14 bits per heavy atom. The summed E-state index contributed by atoms with van der Waals surface area (Å²) >= 11 is 0. The van der Waals surface area contributed by atoms with Gasteiger partial charge in [-0.25, -0.2) is 13.2 Å². The van der Waals surface area contributed by atoms with Gasteiger partial charge in [0.1, 0.15) is 6.04 Å². The monoisotopic (exact) mass is 445 g/mol. The molecule has 0 spiro atoms. The standard InChI is InChI=1S/C19H27N3O5S.ClH/c1-14(23)18-17(13-20-9-3-4-10-20)21(11-12-22(18)19(24)25)15-5-7-16(8-6-15)28(2,26)27;/h5-8,17-18H,3-4,9-13H2,1-2H3,(H,24,25);1H. The summed E-state index contributed by atoms with van der Waals surface area (Å²) in [5, 5.41) is 9.59. The van der Waals surface area contributed by atoms with Crippen molar-refractivity contribution in [1.82, 2.24) is 9.80 Å². The van der Waals surface area contributed by atoms with E-state index in [-0.39, 0.29) is 35.7 Å². The molecule has 29 heavy (non-hydrogen) atoms. The van der Waals surface area contributed by atoms with Crippen molar-refractivity contribution >= 4 is 39.8 Å². The van der Waals surface area contributed by atoms with Gasteiger partial charge in [-0.05, 0) is 57.1 Å². The van der Waals surface area contributed by atoms with E-state index in [2.05, 4.69) is 9.80 Å². The van der Waals surface area contributed by atoms with E-state index in [0.717, 1.165) is 37.9 Å². The average Bonchev–Trinajstić information content (AvgIpc) is 3.13. The van der Waals surface area contributed by atoms with E-state index in [1.54, 1.807) is 24.3 Å². The zero-order valence-electron chi connectivity index (χ0n) is 16.7. The fraction of sp³-hybridized carbons (Fsp3) is 0.579. The van der Waals surface area contributed by atoms with Crippen LogP contribution in [0.1, 0.15) is 19.8 Å². The number of nitrogens with zero attached hydrogens (tertiary/aromatic N) is 3. The molecule has 1 aromatic carbocycles. The number of anilines is 1. The minimum absolute atomic E-state index is 0. The first-order chi connectivity index (χ1) is 13.2. The summed E-state index contributed by atoms with van der Waals surface area (Å²) in [6.45, 7) is 4.59. The Labute approximate surface area is 177 Å². The number of rotatable bonds is 5. The van der Waals surface area contributed by atoms with E-state index in [9.17, 15) is 23.1 Å². The van der Waals surface area contributed by atoms with Crippen molar-refractivity contribution in [3.05, 3.63) is 24.3 Å². The predicted octanol–water partition coefficient (Wildman–Crippen LogP) is 1.73. The number of benzene rings is 1. The Bertz CT molecular complexity index is 840. The van der Waals surface area contributed by atoms with Crippen molar-refractivity contribution in [3.63, 3.8) is 0 Å². The molecule has 2 aliphatic rings. The molecule has 2 heterocycles. The van der Waals surface area contributed by atoms with Crippen molar-refractivity contribution in [1.29, 1.82) is 0 Å². The second-order valence-corrected chi connectivity index (χ2v) is 9.58. The third kappa shape index (κ3) is 5.21. The molecule has 0 aromatic heterocycles. The van der Waals surface area contributed by atoms with Gasteiger partial charge >= 0.3 is 6.09 Å². The molecule has 0 aliphatic carbocycles. The summed E-state index contributed by atoms with van der Waals surface area (Å²) in [7, 11) is -3.29. The fourth-order valence-electron chi connectivity index (χ4n) is 4.24. The maximum Gasteiger partial charge on any atom is 0.408 e. The van der Waals surface area contributed by atoms with Gasteiger partial charge in [0.05, 0.1) is 10.9 Å². The molecule has 2 unspecified atom stereocenters. The lowest BCUT2D eigenvalue weighted by molar-refractivity contribution is -0.123. The van der Waals surface area contributed by atoms with E-state index in [1.165, 1.54) is 11.8 Å². The molecule has 0 saturated carbocycles. The van der Waals surface area contributed by atoms with Crippen LogP contribution in [0, 0.1) is 0 Å². The second kappa shape index (κ2) is 9.32. The number of carbonyl (C=O) groups is 2. The van der Waals surface area contributed by atoms with E-state index in [0.29, 0.717) is 13.1 Å². The molecule has 162 valence electrons. The summed E-state index contributed by atoms with van der Waals surface area (Å²) in [6, 6.07) is 5.53. The summed E-state index contributed by atoms with van der Waals surface area (Å²) in [4.78, 5) is 30.0. The lowest BCUT2D eigenvalue weighted by atomic mass is 9.96. The van der Waals surface area contributed by atoms with Gasteiger partial charge in [0, 0.05) is 31.6 Å². The second-order valence-electron chi connectivity index (χ2n) is 7.57. The number of piperazine rings is 1. The zero-order valence-corrected chi connectivity index (χ0v) is 18.3. The minimum atomic E-state index is -3.29. The van der Waals surface area contributed by atoms with Crippen LogP contribution in [0.3, 0.4) is 0 Å². The molecule has 2 fully saturated rings. The Balaban J connectivity index is 0.00000300. The molecule has 8 nitrogen and oxygen atoms in total. The smallest absolute Gasteiger partial charge is 0.408 e. The molecule has 0 bridgehead atoms. The molecular formula is C19H28ClN3O5S. The van der Waals surface area contributed by atoms with Crippen LogP contribution < -0.4 is 4.90 Å². The number of Topliss-reactive ketones (excluding diaryl/α,β-unsaturated/α-hetero) is 1. The van der Waals surface area contributed by atoms with Crippen LogP contribution in [0.5, 0.6) is 0 Å². The Morgan fingerprint density at radius 2 is 1.66 bits per heavy atom. The van der Waals surface area contributed by atoms with E-state index in [4.69, 9.17) is 0 Å². The lowest BCUT2D eigenvalue weighted by Gasteiger charge is -2.47. The number of hydrogen-bond donors (Lipinski definition) is 1. The third-order valence-corrected chi connectivity index (χ3v) is 6.71. The molecule has 0 radical (unpaired) electrons. The molecule has 3 rings (SSSR count). The van der Waals surface area contributed by atoms with Crippen molar-refractivity contribution in [2.45, 2.75) is 36.7 Å². The van der Waals surface area contributed by atoms with Crippen LogP contribution in [-0.2, 0) is 14.6 Å². The number of hydrogen-bond acceptors (Lipinski definition) is 6. The maximum atomic E-state index is 12.4. The van der Waals surface area contributed by atoms with Crippen LogP contribution in [0.15, 0.2) is 29.2 Å². The number of likely N-dealkylation sites (tertiary alicyclic amines) is 1. The maximum absolute atomic E-state index is 12.4. The normalized spacial score (nSPS) is 23.0. The first kappa shape index (κ1) is 23.4. The van der Waals surface area contributed by atoms with Crippen LogP contribution in [0.4, 0.5) is 10.5 Å². The Hall–Kier alpha value is -1.84. The van der Waals surface area contributed by atoms with Gasteiger partial charge in [-0.15, -0.1) is 12.4 Å². The van der Waals surface area contributed by atoms with Gasteiger partial charge in [-0.3, -0.25) is 9.69 Å². The number of ketones is 1. The summed E-state index contributed by atoms with van der Waals surface area (Å²) < 4.78 is 23.5. The Kier molecular flexibility index (Phi) is 7.53. The van der Waals surface area contributed by atoms with Gasteiger partial charge in [0.15, 0.2) is 15.6 Å². The van der Waals surface area contributed by atoms with Gasteiger partial charge in [0.25, 0.3) is 0 Å². The minimum Gasteiger partial charge on any atom is -0.465 e. The van der Waals surface area contributed by atoms with Crippen LogP contribution >= 0.6 is 12.4 Å². The highest BCUT2D eigenvalue weighted by Gasteiger charge is 2.42. The van der Waals surface area contributed by atoms with Crippen LogP contribution in [0.25, 0.3) is 0 Å². The van der Waals surface area contributed by atoms with Crippen molar-refractivity contribution in [2.24, 2.45) is 0 Å². The molecule has 2 saturated heterocycles. The van der Waals surface area contributed by atoms with Gasteiger partial charge in [0.2, 0.25) is 0 Å². The van der Waals surface area contributed by atoms with Crippen LogP contribution in [-0.4, -0.2) is 86.3 Å². The molecule has 10 heteroatoms. The predicted molar refractivity (Wildman–Crippen MR) is 113 cm³/mol. The Morgan fingerprint density at radius 1 is 1.07 bits per heavy atom. The lowest BCUT2D eigenvalue weighted by Crippen LogP contribution is -2.66. The number of amides is 1. The quantitative estimate of drug-likeness (QED) is 0.736. The number of carbonyl (C=O) groups excluding carboxylic acids is 1. The number of carboxylic acid groups (broad SMARTS) is 1. The SMILES string of the molecule is CC(=O)C1C(CN2CCCC2)N(c2ccc(S(C)(=O)=O)cc2)CCN1C(=O)O.Cl. The van der Waals surface area contributed by atoms with E-state index < -0.39 is 22.0 Å². The number of sulfone groups is 1. The van der Waals surface area contributed by atoms with E-state index >= 15 is 0 Å². The van der Waals surface area contributed by atoms with Gasteiger partial charge in [-0.1, -0.05) is 0 Å². The highest BCUT2D eigenvalue weighted by atomic mass is 35.5. The van der Waals surface area contributed by atoms with Crippen molar-refractivity contribution in [2.75, 3.05) is 43.9 Å². The van der Waals surface area contributed by atoms with Crippen molar-refractivity contribution < 1.29 is 23.1 Å². The fourth-order valence-corrected chi connectivity index (χ4v) is 4.87. The third-order valence-electron chi connectivity index (χ3n) is 5.59. The summed E-state index contributed by atoms with van der Waals surface area (Å²) in [5.41, 5.74) is 0.799. The molecular weight excluding hydrogens is 418 g/mol. The summed E-state index contributed by atoms with van der Waals surface area (Å²) in [5.74, 6) is -0.177. The number of halogens is 1. The highest BCUT2D eigenvalue weighted by Crippen LogP contribution is 2.28.